The summed E-state index contributed by atoms with van der Waals surface area (Å²) in [5.41, 5.74) is -1.70. The lowest BCUT2D eigenvalue weighted by molar-refractivity contribution is -0.258. The Kier molecular flexibility index (Phi) is 11.6. The molecule has 0 saturated carbocycles. The monoisotopic (exact) mass is 781 g/mol. The number of morpholine rings is 1. The van der Waals surface area contributed by atoms with E-state index in [2.05, 4.69) is 10.2 Å². The number of hydrogen-bond acceptors (Lipinski definition) is 15. The van der Waals surface area contributed by atoms with Crippen LogP contribution < -0.4 is 10.1 Å². The van der Waals surface area contributed by atoms with Gasteiger partial charge in [0.15, 0.2) is 24.6 Å². The Bertz CT molecular complexity index is 1890. The standard InChI is InChI=1S/C40H51N3O13/c1-20-37-23(43-15-16-53-39(51-6)38(43)56-37)17-28(54-20)55-25-19-40(52-7,26(50-5)11-12-27(44)42(3)14-13-41-2)18-22-30(25)36(48)32-31(34(22)46)33(45)21-9-8-10-24(49-4)29(21)35(32)47/h8-12,20,23,25-26,28,37-39,41,46,48H,13-19H2,1-7H3/b12-11-/t20-,23-,25-,26?,28-,37+,38+,39-,40-/m0/s1. The number of nitrogens with zero attached hydrogens (tertiary/aromatic N) is 2. The summed E-state index contributed by atoms with van der Waals surface area (Å²) in [6.07, 6.45) is -1.21. The number of rotatable bonds is 12. The summed E-state index contributed by atoms with van der Waals surface area (Å²) in [4.78, 5) is 45.2. The smallest absolute Gasteiger partial charge is 0.246 e. The number of hydrogen-bond donors (Lipinski definition) is 3. The van der Waals surface area contributed by atoms with E-state index in [4.69, 9.17) is 37.9 Å². The third-order valence-corrected chi connectivity index (χ3v) is 11.9. The number of nitrogens with one attached hydrogen (secondary N) is 1. The van der Waals surface area contributed by atoms with Crippen LogP contribution in [0.15, 0.2) is 30.4 Å². The van der Waals surface area contributed by atoms with E-state index in [1.165, 1.54) is 33.5 Å². The van der Waals surface area contributed by atoms with Gasteiger partial charge in [-0.1, -0.05) is 12.1 Å². The second-order valence-electron chi connectivity index (χ2n) is 14.8. The highest BCUT2D eigenvalue weighted by Crippen LogP contribution is 2.54. The lowest BCUT2D eigenvalue weighted by Gasteiger charge is -2.46. The van der Waals surface area contributed by atoms with Gasteiger partial charge in [-0.2, -0.15) is 0 Å². The van der Waals surface area contributed by atoms with E-state index in [9.17, 15) is 24.6 Å². The molecule has 1 unspecified atom stereocenters. The number of phenols is 2. The largest absolute Gasteiger partial charge is 0.507 e. The molecule has 5 aliphatic rings. The molecular weight excluding hydrogens is 730 g/mol. The fourth-order valence-electron chi connectivity index (χ4n) is 8.99. The van der Waals surface area contributed by atoms with Crippen molar-refractivity contribution in [2.24, 2.45) is 0 Å². The fraction of sp³-hybridized carbons (Fsp3) is 0.575. The molecule has 1 amide bonds. The Labute approximate surface area is 325 Å². The topological polar surface area (TPSA) is 184 Å². The number of ketones is 2. The lowest BCUT2D eigenvalue weighted by atomic mass is 9.71. The molecule has 2 aliphatic carbocycles. The molecule has 16 heteroatoms. The first kappa shape index (κ1) is 40.2. The van der Waals surface area contributed by atoms with Gasteiger partial charge in [-0.3, -0.25) is 19.3 Å². The molecule has 3 heterocycles. The summed E-state index contributed by atoms with van der Waals surface area (Å²) in [5, 5.41) is 27.4. The second kappa shape index (κ2) is 16.1. The van der Waals surface area contributed by atoms with Gasteiger partial charge in [0, 0.05) is 96.1 Å². The maximum absolute atomic E-state index is 14.2. The molecule has 304 valence electrons. The van der Waals surface area contributed by atoms with Gasteiger partial charge in [-0.05, 0) is 26.1 Å². The van der Waals surface area contributed by atoms with Crippen LogP contribution in [0.4, 0.5) is 0 Å². The average molecular weight is 782 g/mol. The van der Waals surface area contributed by atoms with Crippen molar-refractivity contribution >= 4 is 17.5 Å². The van der Waals surface area contributed by atoms with E-state index in [1.54, 1.807) is 44.3 Å². The van der Waals surface area contributed by atoms with Crippen LogP contribution in [0.2, 0.25) is 0 Å². The van der Waals surface area contributed by atoms with Gasteiger partial charge < -0.3 is 58.3 Å². The fourth-order valence-corrected chi connectivity index (χ4v) is 8.99. The van der Waals surface area contributed by atoms with Crippen molar-refractivity contribution in [3.63, 3.8) is 0 Å². The molecule has 2 aromatic rings. The van der Waals surface area contributed by atoms with Crippen molar-refractivity contribution < 1.29 is 62.5 Å². The maximum atomic E-state index is 14.2. The van der Waals surface area contributed by atoms with Crippen LogP contribution in [0.5, 0.6) is 17.2 Å². The van der Waals surface area contributed by atoms with Crippen LogP contribution >= 0.6 is 0 Å². The van der Waals surface area contributed by atoms with E-state index in [0.717, 1.165) is 0 Å². The lowest BCUT2D eigenvalue weighted by Crippen LogP contribution is -2.55. The van der Waals surface area contributed by atoms with Crippen LogP contribution in [0.1, 0.15) is 68.8 Å². The minimum Gasteiger partial charge on any atom is -0.507 e. The highest BCUT2D eigenvalue weighted by molar-refractivity contribution is 6.31. The van der Waals surface area contributed by atoms with Crippen LogP contribution in [0.25, 0.3) is 0 Å². The summed E-state index contributed by atoms with van der Waals surface area (Å²) < 4.78 is 48.7. The molecule has 0 spiro atoms. The predicted octanol–water partition coefficient (Wildman–Crippen LogP) is 2.05. The molecule has 3 saturated heterocycles. The SMILES string of the molecule is CNCCN(C)C(=O)/C=C\C(OC)[C@]1(OC)Cc2c(O)c3c(c(O)c2[C@@H](O[C@H]2C[C@H]4[C@H](O[C@@H]5[C@@H](OC)OCCN54)[C@H](C)O2)C1)C(=O)c1c(OC)cccc1C3=O. The minimum absolute atomic E-state index is 0.0123. The summed E-state index contributed by atoms with van der Waals surface area (Å²) in [5.74, 6) is -2.42. The van der Waals surface area contributed by atoms with Crippen LogP contribution in [-0.4, -0.2) is 155 Å². The van der Waals surface area contributed by atoms with Gasteiger partial charge in [0.25, 0.3) is 0 Å². The normalized spacial score (nSPS) is 30.3. The molecule has 3 N–H and O–H groups in total. The Balaban J connectivity index is 1.31. The Hall–Kier alpha value is -3.97. The molecule has 2 aromatic carbocycles. The predicted molar refractivity (Wildman–Crippen MR) is 198 cm³/mol. The number of fused-ring (bicyclic) bond motifs is 6. The van der Waals surface area contributed by atoms with Gasteiger partial charge in [0.1, 0.15) is 35.1 Å². The number of phenolic OH excluding ortho intramolecular Hbond substituents is 2. The zero-order chi connectivity index (χ0) is 40.1. The van der Waals surface area contributed by atoms with Crippen molar-refractivity contribution in [1.29, 1.82) is 0 Å². The summed E-state index contributed by atoms with van der Waals surface area (Å²) in [6.45, 7) is 4.03. The van der Waals surface area contributed by atoms with Gasteiger partial charge in [-0.15, -0.1) is 0 Å². The molecule has 0 aromatic heterocycles. The van der Waals surface area contributed by atoms with E-state index in [0.29, 0.717) is 32.7 Å². The molecule has 16 nitrogen and oxygen atoms in total. The third kappa shape index (κ3) is 6.69. The number of likely N-dealkylation sites (N-methyl/N-ethyl adjacent to an activating group) is 2. The third-order valence-electron chi connectivity index (χ3n) is 11.9. The molecule has 0 radical (unpaired) electrons. The van der Waals surface area contributed by atoms with E-state index < -0.39 is 65.8 Å². The summed E-state index contributed by atoms with van der Waals surface area (Å²) >= 11 is 0. The molecule has 7 rings (SSSR count). The number of benzene rings is 2. The molecule has 56 heavy (non-hydrogen) atoms. The average Bonchev–Trinajstić information content (AvgIpc) is 3.59. The number of aromatic hydroxyl groups is 2. The number of amides is 1. The van der Waals surface area contributed by atoms with Crippen molar-refractivity contribution in [2.45, 2.75) is 81.1 Å². The zero-order valence-electron chi connectivity index (χ0n) is 32.7. The van der Waals surface area contributed by atoms with Crippen molar-refractivity contribution in [2.75, 3.05) is 68.8 Å². The van der Waals surface area contributed by atoms with Gasteiger partial charge in [0.05, 0.1) is 42.6 Å². The van der Waals surface area contributed by atoms with Gasteiger partial charge >= 0.3 is 0 Å². The summed E-state index contributed by atoms with van der Waals surface area (Å²) in [7, 11) is 9.41. The van der Waals surface area contributed by atoms with E-state index in [1.807, 2.05) is 6.92 Å². The van der Waals surface area contributed by atoms with Gasteiger partial charge in [0.2, 0.25) is 11.7 Å². The molecule has 3 aliphatic heterocycles. The molecular formula is C40H51N3O13. The minimum atomic E-state index is -1.31. The van der Waals surface area contributed by atoms with Crippen molar-refractivity contribution in [3.05, 3.63) is 63.7 Å². The van der Waals surface area contributed by atoms with Gasteiger partial charge in [-0.25, -0.2) is 0 Å². The Morgan fingerprint density at radius 1 is 1.11 bits per heavy atom. The first-order valence-electron chi connectivity index (χ1n) is 18.8. The van der Waals surface area contributed by atoms with E-state index in [-0.39, 0.29) is 70.0 Å². The Morgan fingerprint density at radius 3 is 2.57 bits per heavy atom. The maximum Gasteiger partial charge on any atom is 0.246 e. The molecule has 3 fully saturated rings. The number of ether oxygens (including phenoxy) is 8. The van der Waals surface area contributed by atoms with Crippen molar-refractivity contribution in [3.8, 4) is 17.2 Å². The highest BCUT2D eigenvalue weighted by atomic mass is 16.7. The highest BCUT2D eigenvalue weighted by Gasteiger charge is 2.55. The quantitative estimate of drug-likeness (QED) is 0.179. The van der Waals surface area contributed by atoms with Crippen molar-refractivity contribution in [1.82, 2.24) is 15.1 Å². The molecule has 9 atom stereocenters. The van der Waals surface area contributed by atoms with E-state index >= 15 is 0 Å². The Morgan fingerprint density at radius 2 is 1.88 bits per heavy atom. The van der Waals surface area contributed by atoms with Crippen LogP contribution in [-0.2, 0) is 44.4 Å². The number of methoxy groups -OCH3 is 4. The van der Waals surface area contributed by atoms with Crippen LogP contribution in [0.3, 0.4) is 0 Å². The molecule has 0 bridgehead atoms. The first-order valence-corrected chi connectivity index (χ1v) is 18.8. The number of carbonyl (C=O) groups excluding carboxylic acids is 3. The first-order chi connectivity index (χ1) is 26.9. The number of carbonyl (C=O) groups is 3. The van der Waals surface area contributed by atoms with Crippen LogP contribution in [0, 0.1) is 0 Å². The second-order valence-corrected chi connectivity index (χ2v) is 14.8. The zero-order valence-corrected chi connectivity index (χ0v) is 32.7. The summed E-state index contributed by atoms with van der Waals surface area (Å²) in [6, 6.07) is 4.49.